The number of amides is 4. The van der Waals surface area contributed by atoms with Gasteiger partial charge in [-0.1, -0.05) is 32.9 Å². The first kappa shape index (κ1) is 33.3. The molecule has 12 nitrogen and oxygen atoms in total. The highest BCUT2D eigenvalue weighted by Crippen LogP contribution is 2.40. The number of hydrogen-bond acceptors (Lipinski definition) is 9. The second kappa shape index (κ2) is 13.6. The van der Waals surface area contributed by atoms with Crippen LogP contribution in [-0.4, -0.2) is 88.7 Å². The van der Waals surface area contributed by atoms with Crippen molar-refractivity contribution in [3.63, 3.8) is 0 Å². The lowest BCUT2D eigenvalue weighted by atomic mass is 9.85. The van der Waals surface area contributed by atoms with Gasteiger partial charge in [0.05, 0.1) is 22.2 Å². The first-order valence-corrected chi connectivity index (χ1v) is 15.5. The number of ether oxygens (including phenoxy) is 1. The number of likely N-dealkylation sites (tertiary alicyclic amines) is 1. The Morgan fingerprint density at radius 1 is 1.25 bits per heavy atom. The first-order valence-electron chi connectivity index (χ1n) is 14.6. The quantitative estimate of drug-likeness (QED) is 0.232. The van der Waals surface area contributed by atoms with Crippen LogP contribution in [0.25, 0.3) is 10.4 Å². The largest absolute Gasteiger partial charge is 0.483 e. The van der Waals surface area contributed by atoms with Crippen LogP contribution in [0.4, 0.5) is 4.39 Å². The highest BCUT2D eigenvalue weighted by atomic mass is 32.1. The summed E-state index contributed by atoms with van der Waals surface area (Å²) in [5.41, 5.74) is 6.71. The van der Waals surface area contributed by atoms with Crippen LogP contribution in [0.15, 0.2) is 23.7 Å². The van der Waals surface area contributed by atoms with Crippen LogP contribution in [0.3, 0.4) is 0 Å². The van der Waals surface area contributed by atoms with E-state index in [1.54, 1.807) is 38.4 Å². The molecule has 2 aliphatic rings. The van der Waals surface area contributed by atoms with Gasteiger partial charge in [0.1, 0.15) is 17.8 Å². The zero-order chi connectivity index (χ0) is 32.2. The fourth-order valence-electron chi connectivity index (χ4n) is 4.98. The van der Waals surface area contributed by atoms with Crippen molar-refractivity contribution in [2.45, 2.75) is 77.4 Å². The molecule has 3 atom stereocenters. The number of nitrogens with one attached hydrogen (secondary N) is 3. The lowest BCUT2D eigenvalue weighted by Crippen LogP contribution is -2.59. The van der Waals surface area contributed by atoms with Gasteiger partial charge in [-0.2, -0.15) is 0 Å². The molecule has 0 bridgehead atoms. The second-order valence-electron chi connectivity index (χ2n) is 12.4. The van der Waals surface area contributed by atoms with Crippen LogP contribution in [0.2, 0.25) is 0 Å². The summed E-state index contributed by atoms with van der Waals surface area (Å²) in [5, 5.41) is 18.5. The summed E-state index contributed by atoms with van der Waals surface area (Å²) >= 11 is 1.47. The van der Waals surface area contributed by atoms with Crippen molar-refractivity contribution in [1.82, 2.24) is 25.8 Å². The molecular weight excluding hydrogens is 591 g/mol. The third kappa shape index (κ3) is 7.90. The summed E-state index contributed by atoms with van der Waals surface area (Å²) in [5.74, 6) is -1.88. The smallest absolute Gasteiger partial charge is 0.258 e. The molecule has 1 saturated carbocycles. The SMILES string of the molecule is Cc1ncsc1-c1ccc(CNC(=O)[C@@H]2C[C@@H](O)CN2C(=O)[C@@H](NC(=O)C2(F)CC2)C(C)(C)C)c(OCC(=O)NCCN)c1. The van der Waals surface area contributed by atoms with Crippen molar-refractivity contribution in [3.05, 3.63) is 35.0 Å². The zero-order valence-electron chi connectivity index (χ0n) is 25.4. The summed E-state index contributed by atoms with van der Waals surface area (Å²) in [4.78, 5) is 58.3. The Morgan fingerprint density at radius 3 is 2.59 bits per heavy atom. The van der Waals surface area contributed by atoms with E-state index in [-0.39, 0.29) is 51.4 Å². The van der Waals surface area contributed by atoms with Gasteiger partial charge in [0.2, 0.25) is 11.8 Å². The van der Waals surface area contributed by atoms with Crippen LogP contribution in [-0.2, 0) is 25.7 Å². The minimum Gasteiger partial charge on any atom is -0.483 e. The summed E-state index contributed by atoms with van der Waals surface area (Å²) < 4.78 is 20.3. The Morgan fingerprint density at radius 2 is 1.98 bits per heavy atom. The van der Waals surface area contributed by atoms with Crippen molar-refractivity contribution in [3.8, 4) is 16.2 Å². The van der Waals surface area contributed by atoms with E-state index in [9.17, 15) is 28.7 Å². The Balaban J connectivity index is 1.49. The Bertz CT molecular complexity index is 1390. The number of aliphatic hydroxyl groups excluding tert-OH is 1. The third-order valence-electron chi connectivity index (χ3n) is 7.70. The summed E-state index contributed by atoms with van der Waals surface area (Å²) in [6.45, 7) is 7.36. The normalized spacial score (nSPS) is 19.7. The summed E-state index contributed by atoms with van der Waals surface area (Å²) in [6, 6.07) is 3.32. The van der Waals surface area contributed by atoms with Crippen molar-refractivity contribution in [2.24, 2.45) is 11.1 Å². The number of β-amino-alcohol motifs (C(OH)–C–C–N with tert-alkyl or cyclic N) is 1. The van der Waals surface area contributed by atoms with Gasteiger partial charge in [-0.25, -0.2) is 9.37 Å². The molecule has 1 aromatic carbocycles. The van der Waals surface area contributed by atoms with E-state index < -0.39 is 47.0 Å². The van der Waals surface area contributed by atoms with Gasteiger partial charge in [0.15, 0.2) is 12.3 Å². The van der Waals surface area contributed by atoms with Crippen LogP contribution in [0.5, 0.6) is 5.75 Å². The number of nitrogens with zero attached hydrogens (tertiary/aromatic N) is 2. The van der Waals surface area contributed by atoms with E-state index in [1.807, 2.05) is 13.0 Å². The number of hydrogen-bond donors (Lipinski definition) is 5. The molecule has 1 aliphatic carbocycles. The maximum atomic E-state index is 14.4. The number of benzene rings is 1. The highest BCUT2D eigenvalue weighted by molar-refractivity contribution is 7.13. The number of carbonyl (C=O) groups excluding carboxylic acids is 4. The molecule has 2 aromatic rings. The van der Waals surface area contributed by atoms with E-state index in [0.29, 0.717) is 17.9 Å². The van der Waals surface area contributed by atoms with Gasteiger partial charge in [0.25, 0.3) is 11.8 Å². The Hall–Kier alpha value is -3.62. The lowest BCUT2D eigenvalue weighted by molar-refractivity contribution is -0.145. The zero-order valence-corrected chi connectivity index (χ0v) is 26.3. The van der Waals surface area contributed by atoms with Gasteiger partial charge in [-0.05, 0) is 36.8 Å². The van der Waals surface area contributed by atoms with Crippen molar-refractivity contribution >= 4 is 35.0 Å². The monoisotopic (exact) mass is 632 g/mol. The molecule has 240 valence electrons. The number of rotatable bonds is 12. The molecule has 1 aliphatic heterocycles. The molecule has 44 heavy (non-hydrogen) atoms. The summed E-state index contributed by atoms with van der Waals surface area (Å²) in [6.07, 6.45) is -0.739. The number of aliphatic hydroxyl groups is 1. The molecule has 2 fully saturated rings. The van der Waals surface area contributed by atoms with Crippen LogP contribution in [0, 0.1) is 12.3 Å². The number of alkyl halides is 1. The molecular formula is C30H41FN6O6S. The van der Waals surface area contributed by atoms with Gasteiger partial charge in [-0.3, -0.25) is 19.2 Å². The van der Waals surface area contributed by atoms with Gasteiger partial charge >= 0.3 is 0 Å². The molecule has 1 aromatic heterocycles. The molecule has 0 unspecified atom stereocenters. The van der Waals surface area contributed by atoms with Crippen LogP contribution >= 0.6 is 11.3 Å². The third-order valence-corrected chi connectivity index (χ3v) is 8.68. The van der Waals surface area contributed by atoms with E-state index in [1.165, 1.54) is 16.2 Å². The minimum atomic E-state index is -1.97. The molecule has 14 heteroatoms. The molecule has 4 amide bonds. The predicted octanol–water partition coefficient (Wildman–Crippen LogP) is 1.18. The fourth-order valence-corrected chi connectivity index (χ4v) is 5.78. The fraction of sp³-hybridized carbons (Fsp3) is 0.567. The van der Waals surface area contributed by atoms with Gasteiger partial charge < -0.3 is 36.4 Å². The number of aromatic nitrogens is 1. The van der Waals surface area contributed by atoms with Gasteiger partial charge in [0, 0.05) is 38.2 Å². The predicted molar refractivity (Wildman–Crippen MR) is 162 cm³/mol. The highest BCUT2D eigenvalue weighted by Gasteiger charge is 2.53. The Labute approximate surface area is 259 Å². The van der Waals surface area contributed by atoms with E-state index >= 15 is 0 Å². The van der Waals surface area contributed by atoms with E-state index in [4.69, 9.17) is 10.5 Å². The van der Waals surface area contributed by atoms with E-state index in [0.717, 1.165) is 16.1 Å². The topological polar surface area (TPSA) is 176 Å². The minimum absolute atomic E-state index is 0.00367. The number of thiazole rings is 1. The summed E-state index contributed by atoms with van der Waals surface area (Å²) in [7, 11) is 0. The first-order chi connectivity index (χ1) is 20.7. The molecule has 4 rings (SSSR count). The van der Waals surface area contributed by atoms with Crippen molar-refractivity contribution < 1.29 is 33.4 Å². The average molecular weight is 633 g/mol. The maximum absolute atomic E-state index is 14.4. The Kier molecular flexibility index (Phi) is 10.3. The van der Waals surface area contributed by atoms with E-state index in [2.05, 4.69) is 20.9 Å². The molecule has 1 saturated heterocycles. The molecule has 6 N–H and O–H groups in total. The van der Waals surface area contributed by atoms with Crippen LogP contribution in [0.1, 0.15) is 51.3 Å². The number of halogens is 1. The molecule has 2 heterocycles. The number of carbonyl (C=O) groups is 4. The molecule has 0 radical (unpaired) electrons. The number of aryl methyl sites for hydroxylation is 1. The van der Waals surface area contributed by atoms with Crippen molar-refractivity contribution in [2.75, 3.05) is 26.2 Å². The number of nitrogens with two attached hydrogens (primary N) is 1. The second-order valence-corrected chi connectivity index (χ2v) is 13.2. The maximum Gasteiger partial charge on any atom is 0.258 e. The van der Waals surface area contributed by atoms with Crippen LogP contribution < -0.4 is 26.4 Å². The van der Waals surface area contributed by atoms with Crippen molar-refractivity contribution in [1.29, 1.82) is 0 Å². The van der Waals surface area contributed by atoms with Gasteiger partial charge in [-0.15, -0.1) is 11.3 Å². The standard InChI is InChI=1S/C30H41FN6O6S/c1-17-24(44-16-35-17)18-5-6-19(22(11-18)43-15-23(39)33-10-9-32)13-34-26(40)21-12-20(38)14-37(21)27(41)25(29(2,3)4)36-28(42)30(31)7-8-30/h5-6,11,16,20-21,25,38H,7-10,12-15,32H2,1-4H3,(H,33,39)(H,34,40)(H,36,42)/t20-,21+,25-/m1/s1. The molecule has 0 spiro atoms. The lowest BCUT2D eigenvalue weighted by Gasteiger charge is -2.35. The average Bonchev–Trinajstić information content (AvgIpc) is 3.38.